The fourth-order valence-electron chi connectivity index (χ4n) is 3.25. The first-order valence-corrected chi connectivity index (χ1v) is 9.07. The van der Waals surface area contributed by atoms with Crippen molar-refractivity contribution in [2.45, 2.75) is 25.8 Å². The van der Waals surface area contributed by atoms with Gasteiger partial charge in [0.15, 0.2) is 17.4 Å². The van der Waals surface area contributed by atoms with E-state index in [2.05, 4.69) is 20.7 Å². The summed E-state index contributed by atoms with van der Waals surface area (Å²) in [5, 5.41) is 9.94. The van der Waals surface area contributed by atoms with E-state index in [0.29, 0.717) is 36.6 Å². The Hall–Kier alpha value is -3.42. The smallest absolute Gasteiger partial charge is 0.320 e. The number of aryl methyl sites for hydroxylation is 1. The molecule has 3 heterocycles. The number of nitrogens with one attached hydrogen (secondary N) is 2. The van der Waals surface area contributed by atoms with E-state index >= 15 is 0 Å². The molecular weight excluding hydrogens is 361 g/mol. The zero-order valence-electron chi connectivity index (χ0n) is 15.4. The highest BCUT2D eigenvalue weighted by Crippen LogP contribution is 2.33. The summed E-state index contributed by atoms with van der Waals surface area (Å²) in [6, 6.07) is 9.44. The molecule has 0 radical (unpaired) electrons. The summed E-state index contributed by atoms with van der Waals surface area (Å²) in [5.74, 6) is 0.880. The molecule has 8 heteroatoms. The lowest BCUT2D eigenvalue weighted by atomic mass is 10.0. The Morgan fingerprint density at radius 2 is 2.18 bits per heavy atom. The number of rotatable bonds is 3. The summed E-state index contributed by atoms with van der Waals surface area (Å²) >= 11 is 0. The lowest BCUT2D eigenvalue weighted by Crippen LogP contribution is -2.33. The van der Waals surface area contributed by atoms with Gasteiger partial charge < -0.3 is 10.1 Å². The van der Waals surface area contributed by atoms with Gasteiger partial charge in [0.2, 0.25) is 0 Å². The molecule has 144 valence electrons. The molecule has 4 rings (SSSR count). The molecule has 1 aliphatic heterocycles. The van der Waals surface area contributed by atoms with Crippen LogP contribution in [-0.2, 0) is 0 Å². The number of halogens is 1. The minimum absolute atomic E-state index is 0.208. The van der Waals surface area contributed by atoms with Gasteiger partial charge in [-0.15, -0.1) is 0 Å². The van der Waals surface area contributed by atoms with E-state index in [-0.39, 0.29) is 11.8 Å². The molecule has 1 atom stereocenters. The van der Waals surface area contributed by atoms with Gasteiger partial charge >= 0.3 is 6.03 Å². The van der Waals surface area contributed by atoms with Gasteiger partial charge in [-0.3, -0.25) is 5.32 Å². The fraction of sp³-hybridized carbons (Fsp3) is 0.250. The predicted octanol–water partition coefficient (Wildman–Crippen LogP) is 3.75. The van der Waals surface area contributed by atoms with Crippen LogP contribution in [0.4, 0.5) is 15.0 Å². The third-order valence-electron chi connectivity index (χ3n) is 4.56. The first kappa shape index (κ1) is 18.0. The second kappa shape index (κ2) is 7.67. The number of hydrogen-bond donors (Lipinski definition) is 2. The lowest BCUT2D eigenvalue weighted by Gasteiger charge is -2.19. The molecule has 0 fully saturated rings. The van der Waals surface area contributed by atoms with Gasteiger partial charge in [0, 0.05) is 17.8 Å². The molecule has 7 nitrogen and oxygen atoms in total. The van der Waals surface area contributed by atoms with Crippen LogP contribution in [0.3, 0.4) is 0 Å². The number of anilines is 1. The average Bonchev–Trinajstić information content (AvgIpc) is 3.03. The highest BCUT2D eigenvalue weighted by atomic mass is 19.1. The molecule has 3 aromatic rings. The van der Waals surface area contributed by atoms with E-state index in [1.165, 1.54) is 6.07 Å². The topological polar surface area (TPSA) is 81.1 Å². The Morgan fingerprint density at radius 1 is 1.29 bits per heavy atom. The van der Waals surface area contributed by atoms with Gasteiger partial charge in [0.05, 0.1) is 18.8 Å². The molecule has 2 aromatic heterocycles. The second-order valence-electron chi connectivity index (χ2n) is 6.62. The molecule has 2 amide bonds. The maximum atomic E-state index is 14.1. The molecule has 1 unspecified atom stereocenters. The highest BCUT2D eigenvalue weighted by molar-refractivity contribution is 5.89. The van der Waals surface area contributed by atoms with Crippen LogP contribution >= 0.6 is 0 Å². The van der Waals surface area contributed by atoms with Gasteiger partial charge in [0.1, 0.15) is 5.82 Å². The van der Waals surface area contributed by atoms with Crippen molar-refractivity contribution < 1.29 is 13.9 Å². The Labute approximate surface area is 161 Å². The number of para-hydroxylation sites is 1. The van der Waals surface area contributed by atoms with Crippen LogP contribution in [0.5, 0.6) is 5.75 Å². The second-order valence-corrected chi connectivity index (χ2v) is 6.62. The number of carbonyl (C=O) groups is 1. The number of carbonyl (C=O) groups excluding carboxylic acids is 1. The fourth-order valence-corrected chi connectivity index (χ4v) is 3.25. The zero-order chi connectivity index (χ0) is 19.5. The first-order chi connectivity index (χ1) is 13.6. The molecule has 0 spiro atoms. The zero-order valence-corrected chi connectivity index (χ0v) is 15.4. The van der Waals surface area contributed by atoms with Crippen molar-refractivity contribution in [1.29, 1.82) is 0 Å². The van der Waals surface area contributed by atoms with Crippen LogP contribution in [0.2, 0.25) is 0 Å². The predicted molar refractivity (Wildman–Crippen MR) is 102 cm³/mol. The number of benzene rings is 1. The summed E-state index contributed by atoms with van der Waals surface area (Å²) in [5.41, 5.74) is 1.68. The van der Waals surface area contributed by atoms with E-state index in [1.54, 1.807) is 35.3 Å². The van der Waals surface area contributed by atoms with Crippen LogP contribution in [0.25, 0.3) is 5.82 Å². The summed E-state index contributed by atoms with van der Waals surface area (Å²) < 4.78 is 21.1. The molecule has 0 aliphatic carbocycles. The van der Waals surface area contributed by atoms with E-state index in [0.717, 1.165) is 5.56 Å². The van der Waals surface area contributed by atoms with Crippen LogP contribution in [-0.4, -0.2) is 27.4 Å². The van der Waals surface area contributed by atoms with Crippen molar-refractivity contribution in [3.05, 3.63) is 65.7 Å². The number of urea groups is 1. The molecule has 1 aliphatic rings. The van der Waals surface area contributed by atoms with E-state index in [9.17, 15) is 9.18 Å². The third-order valence-corrected chi connectivity index (χ3v) is 4.56. The molecule has 1 aromatic carbocycles. The van der Waals surface area contributed by atoms with E-state index in [4.69, 9.17) is 4.74 Å². The number of aromatic nitrogens is 3. The summed E-state index contributed by atoms with van der Waals surface area (Å²) in [7, 11) is 0. The van der Waals surface area contributed by atoms with Crippen LogP contribution in [0, 0.1) is 12.7 Å². The molecule has 28 heavy (non-hydrogen) atoms. The van der Waals surface area contributed by atoms with Crippen molar-refractivity contribution in [3.63, 3.8) is 0 Å². The lowest BCUT2D eigenvalue weighted by molar-refractivity contribution is 0.247. The maximum absolute atomic E-state index is 14.1. The van der Waals surface area contributed by atoms with Crippen molar-refractivity contribution in [2.75, 3.05) is 11.9 Å². The highest BCUT2D eigenvalue weighted by Gasteiger charge is 2.24. The SMILES string of the molecule is Cc1ccnc(-n2nccc2NC(=O)NC2CCCOc3c(F)cccc32)c1. The van der Waals surface area contributed by atoms with Gasteiger partial charge in [-0.1, -0.05) is 12.1 Å². The van der Waals surface area contributed by atoms with E-state index < -0.39 is 11.8 Å². The normalized spacial score (nSPS) is 15.9. The number of fused-ring (bicyclic) bond motifs is 1. The minimum atomic E-state index is -0.421. The van der Waals surface area contributed by atoms with Gasteiger partial charge in [-0.25, -0.2) is 14.2 Å². The molecular formula is C20H20FN5O2. The average molecular weight is 381 g/mol. The van der Waals surface area contributed by atoms with Gasteiger partial charge in [-0.05, 0) is 43.5 Å². The number of ether oxygens (including phenoxy) is 1. The number of hydrogen-bond acceptors (Lipinski definition) is 4. The number of amides is 2. The van der Waals surface area contributed by atoms with E-state index in [1.807, 2.05) is 19.1 Å². The van der Waals surface area contributed by atoms with Crippen molar-refractivity contribution in [2.24, 2.45) is 0 Å². The third kappa shape index (κ3) is 3.66. The summed E-state index contributed by atoms with van der Waals surface area (Å²) in [6.07, 6.45) is 4.64. The largest absolute Gasteiger partial charge is 0.490 e. The van der Waals surface area contributed by atoms with Crippen LogP contribution in [0.1, 0.15) is 30.0 Å². The monoisotopic (exact) mass is 381 g/mol. The number of pyridine rings is 1. The van der Waals surface area contributed by atoms with Gasteiger partial charge in [-0.2, -0.15) is 9.78 Å². The molecule has 0 bridgehead atoms. The van der Waals surface area contributed by atoms with Crippen LogP contribution in [0.15, 0.2) is 48.8 Å². The Bertz CT molecular complexity index is 1000. The van der Waals surface area contributed by atoms with Crippen molar-refractivity contribution in [3.8, 4) is 11.6 Å². The van der Waals surface area contributed by atoms with Gasteiger partial charge in [0.25, 0.3) is 0 Å². The Balaban J connectivity index is 1.52. The van der Waals surface area contributed by atoms with Crippen molar-refractivity contribution >= 4 is 11.8 Å². The number of nitrogens with zero attached hydrogens (tertiary/aromatic N) is 3. The first-order valence-electron chi connectivity index (χ1n) is 9.07. The molecule has 0 saturated heterocycles. The minimum Gasteiger partial charge on any atom is -0.490 e. The Kier molecular flexibility index (Phi) is 4.92. The quantitative estimate of drug-likeness (QED) is 0.724. The summed E-state index contributed by atoms with van der Waals surface area (Å²) in [6.45, 7) is 2.37. The maximum Gasteiger partial charge on any atom is 0.320 e. The standard InChI is InChI=1S/C20H20FN5O2/c1-13-7-9-22-18(12-13)26-17(8-10-23-26)25-20(27)24-16-6-3-11-28-19-14(16)4-2-5-15(19)21/h2,4-5,7-10,12,16H,3,6,11H2,1H3,(H2,24,25,27). The molecule has 2 N–H and O–H groups in total. The Morgan fingerprint density at radius 3 is 3.04 bits per heavy atom. The molecule has 0 saturated carbocycles. The van der Waals surface area contributed by atoms with Crippen molar-refractivity contribution in [1.82, 2.24) is 20.1 Å². The summed E-state index contributed by atoms with van der Waals surface area (Å²) in [4.78, 5) is 16.9. The van der Waals surface area contributed by atoms with Crippen LogP contribution < -0.4 is 15.4 Å².